The van der Waals surface area contributed by atoms with E-state index >= 15 is 0 Å². The lowest BCUT2D eigenvalue weighted by Gasteiger charge is -2.04. The van der Waals surface area contributed by atoms with Gasteiger partial charge in [0.2, 0.25) is 0 Å². The Bertz CT molecular complexity index is 491. The van der Waals surface area contributed by atoms with E-state index in [0.717, 1.165) is 0 Å². The van der Waals surface area contributed by atoms with Crippen molar-refractivity contribution in [2.24, 2.45) is 0 Å². The molecule has 2 heterocycles. The van der Waals surface area contributed by atoms with E-state index in [9.17, 15) is 9.59 Å². The molecule has 0 aromatic carbocycles. The molecule has 0 saturated carbocycles. The highest BCUT2D eigenvalue weighted by Gasteiger charge is 2.14. The molecular formula is C12H10N4O2. The van der Waals surface area contributed by atoms with Gasteiger partial charge in [-0.05, 0) is 24.3 Å². The minimum atomic E-state index is -0.780. The number of anilines is 2. The Morgan fingerprint density at radius 3 is 2.44 bits per heavy atom. The van der Waals surface area contributed by atoms with Gasteiger partial charge in [0.25, 0.3) is 0 Å². The van der Waals surface area contributed by atoms with Gasteiger partial charge in [0.1, 0.15) is 5.82 Å². The van der Waals surface area contributed by atoms with E-state index in [4.69, 9.17) is 0 Å². The van der Waals surface area contributed by atoms with Gasteiger partial charge >= 0.3 is 11.8 Å². The maximum Gasteiger partial charge on any atom is 0.315 e. The molecule has 0 unspecified atom stereocenters. The summed E-state index contributed by atoms with van der Waals surface area (Å²) in [5.74, 6) is -1.23. The molecule has 0 spiro atoms. The average molecular weight is 242 g/mol. The van der Waals surface area contributed by atoms with Crippen LogP contribution >= 0.6 is 0 Å². The lowest BCUT2D eigenvalue weighted by molar-refractivity contribution is -0.133. The lowest BCUT2D eigenvalue weighted by Crippen LogP contribution is -2.29. The third-order valence-corrected chi connectivity index (χ3v) is 2.03. The third-order valence-electron chi connectivity index (χ3n) is 2.03. The Labute approximate surface area is 103 Å². The highest BCUT2D eigenvalue weighted by atomic mass is 16.2. The van der Waals surface area contributed by atoms with Crippen LogP contribution in [-0.2, 0) is 9.59 Å². The largest absolute Gasteiger partial charge is 0.316 e. The van der Waals surface area contributed by atoms with Crippen LogP contribution in [0.1, 0.15) is 0 Å². The van der Waals surface area contributed by atoms with Crippen molar-refractivity contribution in [2.45, 2.75) is 0 Å². The molecule has 0 fully saturated rings. The van der Waals surface area contributed by atoms with Crippen LogP contribution in [0.5, 0.6) is 0 Å². The zero-order valence-corrected chi connectivity index (χ0v) is 9.33. The fraction of sp³-hybridized carbons (Fsp3) is 0. The van der Waals surface area contributed by atoms with Gasteiger partial charge in [0.15, 0.2) is 0 Å². The number of hydrogen-bond donors (Lipinski definition) is 2. The topological polar surface area (TPSA) is 84.0 Å². The molecule has 2 rings (SSSR count). The summed E-state index contributed by atoms with van der Waals surface area (Å²) in [6.45, 7) is 0. The number of aromatic nitrogens is 2. The number of hydrogen-bond acceptors (Lipinski definition) is 4. The van der Waals surface area contributed by atoms with Crippen molar-refractivity contribution in [3.63, 3.8) is 0 Å². The maximum absolute atomic E-state index is 11.5. The molecule has 6 nitrogen and oxygen atoms in total. The van der Waals surface area contributed by atoms with Gasteiger partial charge in [-0.3, -0.25) is 14.6 Å². The van der Waals surface area contributed by atoms with Crippen LogP contribution in [-0.4, -0.2) is 21.8 Å². The first-order chi connectivity index (χ1) is 8.75. The van der Waals surface area contributed by atoms with E-state index in [-0.39, 0.29) is 0 Å². The number of carbonyl (C=O) groups is 2. The summed E-state index contributed by atoms with van der Waals surface area (Å²) in [6, 6.07) is 8.31. The van der Waals surface area contributed by atoms with E-state index < -0.39 is 11.8 Å². The molecule has 0 atom stereocenters. The summed E-state index contributed by atoms with van der Waals surface area (Å²) in [4.78, 5) is 30.8. The number of carbonyl (C=O) groups excluding carboxylic acids is 2. The van der Waals surface area contributed by atoms with Crippen molar-refractivity contribution in [3.05, 3.63) is 48.9 Å². The van der Waals surface area contributed by atoms with Gasteiger partial charge in [-0.15, -0.1) is 0 Å². The Kier molecular flexibility index (Phi) is 3.60. The van der Waals surface area contributed by atoms with Gasteiger partial charge in [-0.2, -0.15) is 0 Å². The lowest BCUT2D eigenvalue weighted by atomic mass is 10.4. The molecule has 6 heteroatoms. The summed E-state index contributed by atoms with van der Waals surface area (Å²) in [6.07, 6.45) is 4.55. The number of nitrogens with zero attached hydrogens (tertiary/aromatic N) is 2. The van der Waals surface area contributed by atoms with Gasteiger partial charge in [-0.1, -0.05) is 6.07 Å². The smallest absolute Gasteiger partial charge is 0.315 e. The second-order valence-electron chi connectivity index (χ2n) is 3.36. The number of amides is 2. The predicted octanol–water partition coefficient (Wildman–Crippen LogP) is 1.05. The van der Waals surface area contributed by atoms with Crippen molar-refractivity contribution in [1.29, 1.82) is 0 Å². The van der Waals surface area contributed by atoms with Crippen LogP contribution in [0, 0.1) is 0 Å². The monoisotopic (exact) mass is 242 g/mol. The van der Waals surface area contributed by atoms with Crippen molar-refractivity contribution in [3.8, 4) is 0 Å². The molecule has 0 radical (unpaired) electrons. The minimum Gasteiger partial charge on any atom is -0.316 e. The van der Waals surface area contributed by atoms with Gasteiger partial charge in [0.05, 0.1) is 11.9 Å². The fourth-order valence-electron chi connectivity index (χ4n) is 1.23. The summed E-state index contributed by atoms with van der Waals surface area (Å²) in [5, 5.41) is 4.80. The fourth-order valence-corrected chi connectivity index (χ4v) is 1.23. The Morgan fingerprint density at radius 1 is 0.944 bits per heavy atom. The van der Waals surface area contributed by atoms with Crippen molar-refractivity contribution >= 4 is 23.3 Å². The second-order valence-corrected chi connectivity index (χ2v) is 3.36. The number of nitrogens with one attached hydrogen (secondary N) is 2. The van der Waals surface area contributed by atoms with Crippen molar-refractivity contribution in [2.75, 3.05) is 10.6 Å². The molecule has 2 amide bonds. The Morgan fingerprint density at radius 2 is 1.78 bits per heavy atom. The molecule has 0 aliphatic rings. The van der Waals surface area contributed by atoms with Gasteiger partial charge in [0, 0.05) is 12.4 Å². The van der Waals surface area contributed by atoms with Crippen LogP contribution in [0.4, 0.5) is 11.5 Å². The van der Waals surface area contributed by atoms with Gasteiger partial charge < -0.3 is 10.6 Å². The minimum absolute atomic E-state index is 0.323. The summed E-state index contributed by atoms with van der Waals surface area (Å²) in [5.41, 5.74) is 0.457. The molecular weight excluding hydrogens is 232 g/mol. The quantitative estimate of drug-likeness (QED) is 0.771. The first-order valence-corrected chi connectivity index (χ1v) is 5.19. The van der Waals surface area contributed by atoms with E-state index in [1.807, 2.05) is 0 Å². The van der Waals surface area contributed by atoms with Gasteiger partial charge in [-0.25, -0.2) is 4.98 Å². The Balaban J connectivity index is 1.96. The standard InChI is InChI=1S/C12H10N4O2/c17-11(15-9-4-3-6-13-8-9)12(18)16-10-5-1-2-7-14-10/h1-8H,(H,15,17)(H,14,16,18). The predicted molar refractivity (Wildman–Crippen MR) is 65.7 cm³/mol. The zero-order chi connectivity index (χ0) is 12.8. The second kappa shape index (κ2) is 5.53. The molecule has 0 aliphatic carbocycles. The van der Waals surface area contributed by atoms with Crippen molar-refractivity contribution in [1.82, 2.24) is 9.97 Å². The molecule has 2 aromatic heterocycles. The normalized spacial score (nSPS) is 9.56. The molecule has 18 heavy (non-hydrogen) atoms. The molecule has 0 bridgehead atoms. The van der Waals surface area contributed by atoms with E-state index in [1.54, 1.807) is 36.5 Å². The molecule has 0 aliphatic heterocycles. The van der Waals surface area contributed by atoms with E-state index in [0.29, 0.717) is 11.5 Å². The summed E-state index contributed by atoms with van der Waals surface area (Å²) >= 11 is 0. The maximum atomic E-state index is 11.5. The Hall–Kier alpha value is -2.76. The van der Waals surface area contributed by atoms with E-state index in [1.165, 1.54) is 12.4 Å². The van der Waals surface area contributed by atoms with Crippen LogP contribution in [0.2, 0.25) is 0 Å². The summed E-state index contributed by atoms with van der Waals surface area (Å²) in [7, 11) is 0. The molecule has 90 valence electrons. The highest BCUT2D eigenvalue weighted by Crippen LogP contribution is 2.03. The average Bonchev–Trinajstić information content (AvgIpc) is 2.41. The number of rotatable bonds is 2. The van der Waals surface area contributed by atoms with Crippen LogP contribution in [0.3, 0.4) is 0 Å². The van der Waals surface area contributed by atoms with Crippen LogP contribution in [0.25, 0.3) is 0 Å². The van der Waals surface area contributed by atoms with Crippen LogP contribution < -0.4 is 10.6 Å². The molecule has 0 saturated heterocycles. The third kappa shape index (κ3) is 3.11. The molecule has 2 N–H and O–H groups in total. The van der Waals surface area contributed by atoms with Crippen molar-refractivity contribution < 1.29 is 9.59 Å². The molecule has 2 aromatic rings. The number of pyridine rings is 2. The zero-order valence-electron chi connectivity index (χ0n) is 9.33. The summed E-state index contributed by atoms with van der Waals surface area (Å²) < 4.78 is 0. The first kappa shape index (κ1) is 11.7. The van der Waals surface area contributed by atoms with E-state index in [2.05, 4.69) is 20.6 Å². The SMILES string of the molecule is O=C(Nc1cccnc1)C(=O)Nc1ccccn1. The highest BCUT2D eigenvalue weighted by molar-refractivity contribution is 6.43. The first-order valence-electron chi connectivity index (χ1n) is 5.19. The van der Waals surface area contributed by atoms with Crippen LogP contribution in [0.15, 0.2) is 48.9 Å².